The predicted molar refractivity (Wildman–Crippen MR) is 99.5 cm³/mol. The second-order valence-electron chi connectivity index (χ2n) is 5.71. The molecule has 0 atom stereocenters. The van der Waals surface area contributed by atoms with Gasteiger partial charge in [-0.25, -0.2) is 4.79 Å². The number of cyclic esters (lactones) is 1. The van der Waals surface area contributed by atoms with Crippen molar-refractivity contribution in [2.75, 3.05) is 0 Å². The molecule has 1 aliphatic heterocycles. The predicted octanol–water partition coefficient (Wildman–Crippen LogP) is 2.80. The van der Waals surface area contributed by atoms with Gasteiger partial charge < -0.3 is 14.9 Å². The number of carbonyl (C=O) groups excluding carboxylic acids is 1. The number of esters is 1. The first kappa shape index (κ1) is 21.0. The van der Waals surface area contributed by atoms with E-state index in [1.807, 2.05) is 12.1 Å². The van der Waals surface area contributed by atoms with Crippen molar-refractivity contribution in [3.63, 3.8) is 0 Å². The zero-order valence-electron chi connectivity index (χ0n) is 14.6. The molecule has 6 heteroatoms. The quantitative estimate of drug-likeness (QED) is 0.542. The van der Waals surface area contributed by atoms with E-state index in [0.717, 1.165) is 16.7 Å². The molecular weight excluding hydrogens is 350 g/mol. The summed E-state index contributed by atoms with van der Waals surface area (Å²) in [6, 6.07) is 20.4. The number of phenols is 2. The van der Waals surface area contributed by atoms with Gasteiger partial charge in [0.2, 0.25) is 0 Å². The van der Waals surface area contributed by atoms with Crippen LogP contribution in [-0.2, 0) is 10.3 Å². The fraction of sp³-hybridized carbons (Fsp3) is 0.0500. The summed E-state index contributed by atoms with van der Waals surface area (Å²) >= 11 is 0. The van der Waals surface area contributed by atoms with Gasteiger partial charge in [0.25, 0.3) is 0 Å². The minimum absolute atomic E-state index is 0. The summed E-state index contributed by atoms with van der Waals surface area (Å²) < 4.78 is 5.87. The van der Waals surface area contributed by atoms with Gasteiger partial charge in [0.1, 0.15) is 11.5 Å². The van der Waals surface area contributed by atoms with Gasteiger partial charge in [-0.05, 0) is 30.3 Å². The van der Waals surface area contributed by atoms with E-state index in [1.54, 1.807) is 60.7 Å². The molecule has 4 nitrogen and oxygen atoms in total. The van der Waals surface area contributed by atoms with Crippen LogP contribution in [0.15, 0.2) is 72.8 Å². The third-order valence-electron chi connectivity index (χ3n) is 4.32. The number of benzene rings is 3. The van der Waals surface area contributed by atoms with Crippen molar-refractivity contribution in [2.45, 2.75) is 5.60 Å². The smallest absolute Gasteiger partial charge is 0.340 e. The third kappa shape index (κ3) is 3.33. The van der Waals surface area contributed by atoms with Crippen molar-refractivity contribution in [1.29, 1.82) is 0 Å². The van der Waals surface area contributed by atoms with Gasteiger partial charge in [-0.1, -0.05) is 42.5 Å². The average Bonchev–Trinajstić information content (AvgIpc) is 2.91. The number of hydrogen-bond acceptors (Lipinski definition) is 4. The number of fused-ring (bicyclic) bond motifs is 1. The van der Waals surface area contributed by atoms with Crippen LogP contribution in [0.1, 0.15) is 27.0 Å². The molecule has 2 N–H and O–H groups in total. The number of carbonyl (C=O) groups is 1. The van der Waals surface area contributed by atoms with Crippen LogP contribution >= 0.6 is 0 Å². The van der Waals surface area contributed by atoms with E-state index in [-0.39, 0.29) is 70.6 Å². The first-order chi connectivity index (χ1) is 11.6. The van der Waals surface area contributed by atoms with E-state index in [2.05, 4.69) is 0 Å². The second-order valence-corrected chi connectivity index (χ2v) is 5.71. The molecule has 0 spiro atoms. The van der Waals surface area contributed by atoms with Crippen LogP contribution in [0, 0.1) is 0 Å². The van der Waals surface area contributed by atoms with Gasteiger partial charge in [0.05, 0.1) is 5.56 Å². The van der Waals surface area contributed by atoms with Crippen molar-refractivity contribution in [2.24, 2.45) is 0 Å². The maximum atomic E-state index is 12.4. The van der Waals surface area contributed by atoms with Crippen molar-refractivity contribution >= 4 is 65.1 Å². The van der Waals surface area contributed by atoms with Gasteiger partial charge in [0.15, 0.2) is 5.60 Å². The molecule has 0 unspecified atom stereocenters. The van der Waals surface area contributed by atoms with Crippen LogP contribution < -0.4 is 0 Å². The Bertz CT molecular complexity index is 876. The number of ether oxygens (including phenoxy) is 1. The van der Waals surface area contributed by atoms with Crippen LogP contribution in [0.4, 0.5) is 0 Å². The molecule has 0 aliphatic carbocycles. The van der Waals surface area contributed by atoms with E-state index in [9.17, 15) is 15.0 Å². The summed E-state index contributed by atoms with van der Waals surface area (Å²) in [7, 11) is 0. The molecule has 1 aliphatic rings. The van der Waals surface area contributed by atoms with E-state index < -0.39 is 11.6 Å². The molecule has 1 heterocycles. The Balaban J connectivity index is 0.00000121. The maximum Gasteiger partial charge on any atom is 0.340 e. The monoisotopic (exact) mass is 364 g/mol. The summed E-state index contributed by atoms with van der Waals surface area (Å²) in [6.07, 6.45) is 0. The van der Waals surface area contributed by atoms with Gasteiger partial charge in [0, 0.05) is 75.8 Å². The molecule has 3 aromatic carbocycles. The fourth-order valence-corrected chi connectivity index (χ4v) is 3.20. The second kappa shape index (κ2) is 8.17. The first-order valence-corrected chi connectivity index (χ1v) is 7.53. The fourth-order valence-electron chi connectivity index (χ4n) is 3.20. The Labute approximate surface area is 195 Å². The minimum Gasteiger partial charge on any atom is -0.508 e. The molecule has 2 radical (unpaired) electrons. The van der Waals surface area contributed by atoms with Crippen molar-refractivity contribution in [1.82, 2.24) is 0 Å². The Morgan fingerprint density at radius 1 is 0.692 bits per heavy atom. The molecule has 0 saturated heterocycles. The molecule has 3 aromatic rings. The molecule has 0 bridgehead atoms. The van der Waals surface area contributed by atoms with Crippen LogP contribution in [-0.4, -0.2) is 75.3 Å². The molecule has 0 aromatic heterocycles. The zero-order chi connectivity index (χ0) is 16.7. The van der Waals surface area contributed by atoms with Gasteiger partial charge in [-0.15, -0.1) is 0 Å². The van der Waals surface area contributed by atoms with Gasteiger partial charge >= 0.3 is 5.97 Å². The minimum atomic E-state index is -1.10. The Hall–Kier alpha value is -1.27. The molecule has 0 saturated carbocycles. The SMILES string of the molecule is O=C1OC(c2ccc(O)cc2)(c2ccc(O)cc2)c2ccccc21.[Na].[Na]. The van der Waals surface area contributed by atoms with Crippen molar-refractivity contribution < 1.29 is 19.7 Å². The molecule has 120 valence electrons. The van der Waals surface area contributed by atoms with Gasteiger partial charge in [-0.3, -0.25) is 0 Å². The first-order valence-electron chi connectivity index (χ1n) is 7.53. The molecular formula is C20H14Na2O4. The Kier molecular flexibility index (Phi) is 6.61. The number of rotatable bonds is 2. The summed E-state index contributed by atoms with van der Waals surface area (Å²) in [4.78, 5) is 12.4. The Morgan fingerprint density at radius 2 is 1.15 bits per heavy atom. The molecule has 26 heavy (non-hydrogen) atoms. The van der Waals surface area contributed by atoms with Crippen molar-refractivity contribution in [3.8, 4) is 11.5 Å². The van der Waals surface area contributed by atoms with E-state index in [1.165, 1.54) is 0 Å². The number of phenolic OH excluding ortho intramolecular Hbond substituents is 2. The molecule has 0 amide bonds. The summed E-state index contributed by atoms with van der Waals surface area (Å²) in [5.74, 6) is -0.124. The van der Waals surface area contributed by atoms with Crippen LogP contribution in [0.3, 0.4) is 0 Å². The summed E-state index contributed by atoms with van der Waals surface area (Å²) in [6.45, 7) is 0. The zero-order valence-corrected chi connectivity index (χ0v) is 18.6. The van der Waals surface area contributed by atoms with Gasteiger partial charge in [-0.2, -0.15) is 0 Å². The standard InChI is InChI=1S/C20H14O4.2Na/c21-15-9-5-13(6-10-15)20(14-7-11-16(22)12-8-14)18-4-2-1-3-17(18)19(23)24-20;;/h1-12,21-22H;;. The Morgan fingerprint density at radius 3 is 1.65 bits per heavy atom. The summed E-state index contributed by atoms with van der Waals surface area (Å²) in [5.41, 5.74) is 1.60. The van der Waals surface area contributed by atoms with Crippen LogP contribution in [0.2, 0.25) is 0 Å². The normalized spacial score (nSPS) is 13.8. The molecule has 0 fully saturated rings. The average molecular weight is 364 g/mol. The third-order valence-corrected chi connectivity index (χ3v) is 4.32. The van der Waals surface area contributed by atoms with Crippen LogP contribution in [0.5, 0.6) is 11.5 Å². The number of aromatic hydroxyl groups is 2. The number of hydrogen-bond donors (Lipinski definition) is 2. The van der Waals surface area contributed by atoms with Crippen molar-refractivity contribution in [3.05, 3.63) is 95.1 Å². The largest absolute Gasteiger partial charge is 0.508 e. The molecule has 4 rings (SSSR count). The van der Waals surface area contributed by atoms with E-state index >= 15 is 0 Å². The summed E-state index contributed by atoms with van der Waals surface area (Å²) in [5, 5.41) is 19.2. The van der Waals surface area contributed by atoms with E-state index in [4.69, 9.17) is 4.74 Å². The maximum absolute atomic E-state index is 12.4. The van der Waals surface area contributed by atoms with E-state index in [0.29, 0.717) is 5.56 Å². The topological polar surface area (TPSA) is 66.8 Å². The van der Waals surface area contributed by atoms with Crippen LogP contribution in [0.25, 0.3) is 0 Å².